The maximum Gasteiger partial charge on any atom is 0.336 e. The van der Waals surface area contributed by atoms with Gasteiger partial charge in [0, 0.05) is 5.57 Å². The van der Waals surface area contributed by atoms with Gasteiger partial charge in [-0.2, -0.15) is 0 Å². The molecule has 0 aromatic heterocycles. The van der Waals surface area contributed by atoms with Crippen molar-refractivity contribution >= 4 is 5.97 Å². The molecule has 0 unspecified atom stereocenters. The van der Waals surface area contributed by atoms with E-state index in [4.69, 9.17) is 4.74 Å². The molecule has 0 saturated heterocycles. The van der Waals surface area contributed by atoms with Crippen LogP contribution < -0.4 is 0 Å². The predicted molar refractivity (Wildman–Crippen MR) is 69.7 cm³/mol. The van der Waals surface area contributed by atoms with Crippen LogP contribution in [0.15, 0.2) is 23.8 Å². The number of hydrogen-bond donors (Lipinski definition) is 1. The van der Waals surface area contributed by atoms with Crippen LogP contribution in [0.3, 0.4) is 0 Å². The SMILES string of the molecule is C=C1CCCC(C)(C)[C@H]1CCC1=C[C@@H](O)OC1=O. The Balaban J connectivity index is 1.98. The Hall–Kier alpha value is -1.09. The van der Waals surface area contributed by atoms with Crippen LogP contribution in [0.2, 0.25) is 0 Å². The van der Waals surface area contributed by atoms with Gasteiger partial charge in [0.1, 0.15) is 0 Å². The number of allylic oxidation sites excluding steroid dienone is 1. The number of rotatable bonds is 3. The number of carbonyl (C=O) groups excluding carboxylic acids is 1. The van der Waals surface area contributed by atoms with E-state index in [2.05, 4.69) is 20.4 Å². The van der Waals surface area contributed by atoms with E-state index in [1.54, 1.807) is 0 Å². The summed E-state index contributed by atoms with van der Waals surface area (Å²) < 4.78 is 4.69. The van der Waals surface area contributed by atoms with Crippen LogP contribution in [0.25, 0.3) is 0 Å². The van der Waals surface area contributed by atoms with Gasteiger partial charge in [0.25, 0.3) is 0 Å². The summed E-state index contributed by atoms with van der Waals surface area (Å²) in [4.78, 5) is 11.4. The Morgan fingerprint density at radius 1 is 1.56 bits per heavy atom. The minimum absolute atomic E-state index is 0.261. The molecule has 3 nitrogen and oxygen atoms in total. The summed E-state index contributed by atoms with van der Waals surface area (Å²) in [7, 11) is 0. The van der Waals surface area contributed by atoms with Crippen LogP contribution in [0.4, 0.5) is 0 Å². The minimum atomic E-state index is -1.05. The van der Waals surface area contributed by atoms with Crippen molar-refractivity contribution in [3.63, 3.8) is 0 Å². The normalized spacial score (nSPS) is 31.2. The second-order valence-corrected chi connectivity index (χ2v) is 6.08. The number of hydrogen-bond acceptors (Lipinski definition) is 3. The summed E-state index contributed by atoms with van der Waals surface area (Å²) in [6.07, 6.45) is 5.58. The zero-order chi connectivity index (χ0) is 13.3. The Kier molecular flexibility index (Phi) is 3.62. The highest BCUT2D eigenvalue weighted by Crippen LogP contribution is 2.45. The van der Waals surface area contributed by atoms with Crippen molar-refractivity contribution in [3.05, 3.63) is 23.8 Å². The molecule has 18 heavy (non-hydrogen) atoms. The van der Waals surface area contributed by atoms with E-state index in [1.165, 1.54) is 24.5 Å². The molecule has 0 aromatic carbocycles. The summed E-state index contributed by atoms with van der Waals surface area (Å²) in [5.41, 5.74) is 2.17. The third-order valence-electron chi connectivity index (χ3n) is 4.29. The van der Waals surface area contributed by atoms with Crippen molar-refractivity contribution in [2.75, 3.05) is 0 Å². The summed E-state index contributed by atoms with van der Waals surface area (Å²) in [5, 5.41) is 9.22. The van der Waals surface area contributed by atoms with E-state index >= 15 is 0 Å². The second-order valence-electron chi connectivity index (χ2n) is 6.08. The van der Waals surface area contributed by atoms with Crippen molar-refractivity contribution in [2.45, 2.75) is 52.2 Å². The first-order chi connectivity index (χ1) is 8.40. The first-order valence-electron chi connectivity index (χ1n) is 6.67. The van der Waals surface area contributed by atoms with Crippen LogP contribution in [0.5, 0.6) is 0 Å². The summed E-state index contributed by atoms with van der Waals surface area (Å²) in [6, 6.07) is 0. The smallest absolute Gasteiger partial charge is 0.336 e. The zero-order valence-corrected chi connectivity index (χ0v) is 11.2. The highest BCUT2D eigenvalue weighted by Gasteiger charge is 2.35. The van der Waals surface area contributed by atoms with Crippen molar-refractivity contribution in [1.82, 2.24) is 0 Å². The van der Waals surface area contributed by atoms with Crippen LogP contribution in [0.1, 0.15) is 46.0 Å². The van der Waals surface area contributed by atoms with Gasteiger partial charge in [0.15, 0.2) is 0 Å². The lowest BCUT2D eigenvalue weighted by atomic mass is 9.65. The van der Waals surface area contributed by atoms with Crippen LogP contribution >= 0.6 is 0 Å². The lowest BCUT2D eigenvalue weighted by Gasteiger charge is -2.40. The molecular weight excluding hydrogens is 228 g/mol. The van der Waals surface area contributed by atoms with Gasteiger partial charge in [0.2, 0.25) is 6.29 Å². The molecule has 1 aliphatic heterocycles. The zero-order valence-electron chi connectivity index (χ0n) is 11.2. The topological polar surface area (TPSA) is 46.5 Å². The summed E-state index contributed by atoms with van der Waals surface area (Å²) >= 11 is 0. The van der Waals surface area contributed by atoms with E-state index in [0.29, 0.717) is 17.9 Å². The monoisotopic (exact) mass is 250 g/mol. The molecule has 1 aliphatic carbocycles. The molecule has 0 aromatic rings. The van der Waals surface area contributed by atoms with Crippen LogP contribution in [-0.2, 0) is 9.53 Å². The molecule has 0 radical (unpaired) electrons. The van der Waals surface area contributed by atoms with E-state index in [9.17, 15) is 9.90 Å². The van der Waals surface area contributed by atoms with Gasteiger partial charge in [0.05, 0.1) is 0 Å². The fourth-order valence-corrected chi connectivity index (χ4v) is 3.21. The molecule has 100 valence electrons. The molecule has 1 heterocycles. The molecule has 2 aliphatic rings. The third kappa shape index (κ3) is 2.66. The van der Waals surface area contributed by atoms with Crippen molar-refractivity contribution < 1.29 is 14.6 Å². The summed E-state index contributed by atoms with van der Waals surface area (Å²) in [5.74, 6) is 0.0828. The quantitative estimate of drug-likeness (QED) is 0.618. The van der Waals surface area contributed by atoms with Gasteiger partial charge >= 0.3 is 5.97 Å². The number of aliphatic hydroxyl groups excluding tert-OH is 1. The lowest BCUT2D eigenvalue weighted by Crippen LogP contribution is -2.29. The maximum absolute atomic E-state index is 11.4. The van der Waals surface area contributed by atoms with Gasteiger partial charge in [-0.3, -0.25) is 0 Å². The Bertz CT molecular complexity index is 393. The minimum Gasteiger partial charge on any atom is -0.429 e. The first-order valence-corrected chi connectivity index (χ1v) is 6.67. The highest BCUT2D eigenvalue weighted by atomic mass is 16.6. The molecule has 0 spiro atoms. The number of esters is 1. The first kappa shape index (κ1) is 13.3. The molecule has 1 fully saturated rings. The predicted octanol–water partition coefficient (Wildman–Crippen LogP) is 2.95. The molecule has 0 amide bonds. The largest absolute Gasteiger partial charge is 0.429 e. The molecule has 1 saturated carbocycles. The van der Waals surface area contributed by atoms with Gasteiger partial charge in [-0.1, -0.05) is 26.0 Å². The molecular formula is C15H22O3. The van der Waals surface area contributed by atoms with Crippen molar-refractivity contribution in [3.8, 4) is 0 Å². The second kappa shape index (κ2) is 4.88. The molecule has 1 N–H and O–H groups in total. The number of ether oxygens (including phenoxy) is 1. The average molecular weight is 250 g/mol. The lowest BCUT2D eigenvalue weighted by molar-refractivity contribution is -0.151. The Labute approximate surface area is 109 Å². The molecule has 3 heteroatoms. The Morgan fingerprint density at radius 3 is 2.83 bits per heavy atom. The third-order valence-corrected chi connectivity index (χ3v) is 4.29. The van der Waals surface area contributed by atoms with Gasteiger partial charge in [-0.25, -0.2) is 4.79 Å². The molecule has 2 atom stereocenters. The van der Waals surface area contributed by atoms with E-state index in [1.807, 2.05) is 0 Å². The van der Waals surface area contributed by atoms with E-state index < -0.39 is 6.29 Å². The fourth-order valence-electron chi connectivity index (χ4n) is 3.21. The van der Waals surface area contributed by atoms with Gasteiger partial charge in [-0.15, -0.1) is 0 Å². The number of cyclic esters (lactones) is 1. The fraction of sp³-hybridized carbons (Fsp3) is 0.667. The Morgan fingerprint density at radius 2 is 2.28 bits per heavy atom. The van der Waals surface area contributed by atoms with Crippen molar-refractivity contribution in [2.24, 2.45) is 11.3 Å². The highest BCUT2D eigenvalue weighted by molar-refractivity contribution is 5.90. The molecule has 2 rings (SSSR count). The van der Waals surface area contributed by atoms with Crippen molar-refractivity contribution in [1.29, 1.82) is 0 Å². The molecule has 0 bridgehead atoms. The van der Waals surface area contributed by atoms with E-state index in [0.717, 1.165) is 12.8 Å². The maximum atomic E-state index is 11.4. The summed E-state index contributed by atoms with van der Waals surface area (Å²) in [6.45, 7) is 8.74. The van der Waals surface area contributed by atoms with Gasteiger partial charge in [-0.05, 0) is 49.5 Å². The number of carbonyl (C=O) groups is 1. The average Bonchev–Trinajstić information content (AvgIpc) is 2.56. The van der Waals surface area contributed by atoms with E-state index in [-0.39, 0.29) is 11.4 Å². The number of aliphatic hydroxyl groups is 1. The van der Waals surface area contributed by atoms with Crippen LogP contribution in [-0.4, -0.2) is 17.4 Å². The van der Waals surface area contributed by atoms with Gasteiger partial charge < -0.3 is 9.84 Å². The van der Waals surface area contributed by atoms with Crippen LogP contribution in [0, 0.1) is 11.3 Å². The standard InChI is InChI=1S/C15H22O3/c1-10-5-4-8-15(2,3)12(10)7-6-11-9-13(16)18-14(11)17/h9,12-13,16H,1,4-8H2,2-3H3/t12-,13-/m0/s1.